The van der Waals surface area contributed by atoms with E-state index in [1.807, 2.05) is 49.2 Å². The Kier molecular flexibility index (Phi) is 4.39. The predicted octanol–water partition coefficient (Wildman–Crippen LogP) is 2.83. The second-order valence-corrected chi connectivity index (χ2v) is 4.86. The summed E-state index contributed by atoms with van der Waals surface area (Å²) in [5.41, 5.74) is 5.78. The normalized spacial score (nSPS) is 10.2. The van der Waals surface area contributed by atoms with E-state index in [4.69, 9.17) is 5.84 Å². The zero-order valence-electron chi connectivity index (χ0n) is 12.0. The van der Waals surface area contributed by atoms with Crippen LogP contribution in [0.4, 0.5) is 17.1 Å². The van der Waals surface area contributed by atoms with E-state index < -0.39 is 4.92 Å². The standard InChI is InChI=1S/C15H18N4O2/c1-11-6-3-4-8-13(11)18(2)10-12-7-5-9-14(19(20)21)15(12)17-16/h3-9,17H,10,16H2,1-2H3. The third-order valence-electron chi connectivity index (χ3n) is 3.40. The van der Waals surface area contributed by atoms with Gasteiger partial charge < -0.3 is 10.3 Å². The molecule has 110 valence electrons. The van der Waals surface area contributed by atoms with Gasteiger partial charge in [-0.3, -0.25) is 16.0 Å². The first kappa shape index (κ1) is 14.8. The number of anilines is 2. The van der Waals surface area contributed by atoms with Crippen LogP contribution in [0.25, 0.3) is 0 Å². The van der Waals surface area contributed by atoms with Crippen molar-refractivity contribution in [2.75, 3.05) is 17.4 Å². The molecule has 0 aliphatic rings. The average Bonchev–Trinajstić information content (AvgIpc) is 2.47. The van der Waals surface area contributed by atoms with Gasteiger partial charge in [0.05, 0.1) is 4.92 Å². The number of hydrogen-bond acceptors (Lipinski definition) is 5. The fourth-order valence-electron chi connectivity index (χ4n) is 2.37. The number of nitro groups is 1. The monoisotopic (exact) mass is 286 g/mol. The van der Waals surface area contributed by atoms with Crippen LogP contribution in [0.2, 0.25) is 0 Å². The molecule has 0 bridgehead atoms. The molecular formula is C15H18N4O2. The summed E-state index contributed by atoms with van der Waals surface area (Å²) in [6.45, 7) is 2.55. The highest BCUT2D eigenvalue weighted by atomic mass is 16.6. The van der Waals surface area contributed by atoms with E-state index in [-0.39, 0.29) is 5.69 Å². The highest BCUT2D eigenvalue weighted by Crippen LogP contribution is 2.29. The Labute approximate surface area is 123 Å². The zero-order valence-corrected chi connectivity index (χ0v) is 12.0. The van der Waals surface area contributed by atoms with Gasteiger partial charge in [0.25, 0.3) is 5.69 Å². The van der Waals surface area contributed by atoms with Crippen LogP contribution >= 0.6 is 0 Å². The third kappa shape index (κ3) is 3.11. The number of nitrogens with zero attached hydrogens (tertiary/aromatic N) is 2. The number of nitrogen functional groups attached to an aromatic ring is 1. The second-order valence-electron chi connectivity index (χ2n) is 4.86. The molecule has 3 N–H and O–H groups in total. The van der Waals surface area contributed by atoms with Crippen molar-refractivity contribution in [2.24, 2.45) is 5.84 Å². The molecule has 0 amide bonds. The molecule has 0 heterocycles. The second kappa shape index (κ2) is 6.23. The number of hydrogen-bond donors (Lipinski definition) is 2. The van der Waals surface area contributed by atoms with Gasteiger partial charge in [0.15, 0.2) is 0 Å². The summed E-state index contributed by atoms with van der Waals surface area (Å²) in [5.74, 6) is 5.46. The van der Waals surface area contributed by atoms with Gasteiger partial charge >= 0.3 is 0 Å². The Bertz CT molecular complexity index is 658. The minimum atomic E-state index is -0.438. The van der Waals surface area contributed by atoms with Crippen LogP contribution in [0.3, 0.4) is 0 Å². The average molecular weight is 286 g/mol. The summed E-state index contributed by atoms with van der Waals surface area (Å²) < 4.78 is 0. The summed E-state index contributed by atoms with van der Waals surface area (Å²) in [4.78, 5) is 12.6. The molecule has 0 aromatic heterocycles. The molecule has 0 aliphatic heterocycles. The van der Waals surface area contributed by atoms with Crippen molar-refractivity contribution >= 4 is 17.1 Å². The molecule has 2 aromatic carbocycles. The van der Waals surface area contributed by atoms with Crippen molar-refractivity contribution in [3.05, 3.63) is 63.7 Å². The van der Waals surface area contributed by atoms with Crippen molar-refractivity contribution < 1.29 is 4.92 Å². The number of nitrogens with two attached hydrogens (primary N) is 1. The molecule has 0 unspecified atom stereocenters. The van der Waals surface area contributed by atoms with Gasteiger partial charge in [-0.1, -0.05) is 30.3 Å². The van der Waals surface area contributed by atoms with Crippen LogP contribution in [0.15, 0.2) is 42.5 Å². The smallest absolute Gasteiger partial charge is 0.293 e. The Morgan fingerprint density at radius 1 is 1.24 bits per heavy atom. The molecule has 6 nitrogen and oxygen atoms in total. The quantitative estimate of drug-likeness (QED) is 0.501. The summed E-state index contributed by atoms with van der Waals surface area (Å²) in [5, 5.41) is 11.0. The van der Waals surface area contributed by atoms with Crippen LogP contribution in [-0.2, 0) is 6.54 Å². The van der Waals surface area contributed by atoms with Gasteiger partial charge in [0.1, 0.15) is 5.69 Å². The van der Waals surface area contributed by atoms with E-state index >= 15 is 0 Å². The van der Waals surface area contributed by atoms with E-state index in [0.29, 0.717) is 12.2 Å². The maximum absolute atomic E-state index is 11.0. The highest BCUT2D eigenvalue weighted by Gasteiger charge is 2.17. The molecular weight excluding hydrogens is 268 g/mol. The number of nitro benzene ring substituents is 1. The lowest BCUT2D eigenvalue weighted by Crippen LogP contribution is -2.20. The maximum atomic E-state index is 11.0. The number of hydrazine groups is 1. The Balaban J connectivity index is 2.34. The van der Waals surface area contributed by atoms with Gasteiger partial charge in [0.2, 0.25) is 0 Å². The third-order valence-corrected chi connectivity index (χ3v) is 3.40. The molecule has 0 saturated heterocycles. The Morgan fingerprint density at radius 2 is 1.95 bits per heavy atom. The number of benzene rings is 2. The number of para-hydroxylation sites is 2. The van der Waals surface area contributed by atoms with Gasteiger partial charge in [-0.15, -0.1) is 0 Å². The van der Waals surface area contributed by atoms with E-state index in [2.05, 4.69) is 5.43 Å². The molecule has 2 aromatic rings. The minimum Gasteiger partial charge on any atom is -0.370 e. The SMILES string of the molecule is Cc1ccccc1N(C)Cc1cccc([N+](=O)[O-])c1NN. The number of nitrogens with one attached hydrogen (secondary N) is 1. The first-order valence-corrected chi connectivity index (χ1v) is 6.54. The van der Waals surface area contributed by atoms with Gasteiger partial charge in [-0.2, -0.15) is 0 Å². The predicted molar refractivity (Wildman–Crippen MR) is 84.2 cm³/mol. The van der Waals surface area contributed by atoms with Crippen molar-refractivity contribution in [1.82, 2.24) is 0 Å². The molecule has 21 heavy (non-hydrogen) atoms. The zero-order chi connectivity index (χ0) is 15.4. The highest BCUT2D eigenvalue weighted by molar-refractivity contribution is 5.67. The Hall–Kier alpha value is -2.60. The first-order valence-electron chi connectivity index (χ1n) is 6.54. The largest absolute Gasteiger partial charge is 0.370 e. The number of rotatable bonds is 5. The fourth-order valence-corrected chi connectivity index (χ4v) is 2.37. The molecule has 0 saturated carbocycles. The lowest BCUT2D eigenvalue weighted by molar-refractivity contribution is -0.384. The van der Waals surface area contributed by atoms with Crippen LogP contribution in [0, 0.1) is 17.0 Å². The van der Waals surface area contributed by atoms with E-state index in [1.54, 1.807) is 6.07 Å². The van der Waals surface area contributed by atoms with Crippen molar-refractivity contribution in [2.45, 2.75) is 13.5 Å². The minimum absolute atomic E-state index is 0.0202. The van der Waals surface area contributed by atoms with E-state index in [0.717, 1.165) is 16.8 Å². The molecule has 0 aliphatic carbocycles. The van der Waals surface area contributed by atoms with Gasteiger partial charge in [-0.05, 0) is 18.6 Å². The maximum Gasteiger partial charge on any atom is 0.293 e. The summed E-state index contributed by atoms with van der Waals surface area (Å²) in [6, 6.07) is 12.9. The van der Waals surface area contributed by atoms with Crippen LogP contribution in [0.1, 0.15) is 11.1 Å². The molecule has 2 rings (SSSR count). The molecule has 0 radical (unpaired) electrons. The van der Waals surface area contributed by atoms with Crippen molar-refractivity contribution in [3.8, 4) is 0 Å². The first-order chi connectivity index (χ1) is 10.0. The van der Waals surface area contributed by atoms with Gasteiger partial charge in [0, 0.05) is 30.9 Å². The van der Waals surface area contributed by atoms with Gasteiger partial charge in [-0.25, -0.2) is 0 Å². The number of aryl methyl sites for hydroxylation is 1. The van der Waals surface area contributed by atoms with E-state index in [1.165, 1.54) is 6.07 Å². The lowest BCUT2D eigenvalue weighted by Gasteiger charge is -2.22. The summed E-state index contributed by atoms with van der Waals surface area (Å²) >= 11 is 0. The Morgan fingerprint density at radius 3 is 2.57 bits per heavy atom. The molecule has 0 spiro atoms. The van der Waals surface area contributed by atoms with Crippen molar-refractivity contribution in [1.29, 1.82) is 0 Å². The van der Waals surface area contributed by atoms with Crippen LogP contribution in [-0.4, -0.2) is 12.0 Å². The topological polar surface area (TPSA) is 84.4 Å². The van der Waals surface area contributed by atoms with E-state index in [9.17, 15) is 10.1 Å². The molecule has 0 atom stereocenters. The van der Waals surface area contributed by atoms with Crippen LogP contribution in [0.5, 0.6) is 0 Å². The summed E-state index contributed by atoms with van der Waals surface area (Å²) in [6.07, 6.45) is 0. The fraction of sp³-hybridized carbons (Fsp3) is 0.200. The molecule has 6 heteroatoms. The lowest BCUT2D eigenvalue weighted by atomic mass is 10.1. The van der Waals surface area contributed by atoms with Crippen LogP contribution < -0.4 is 16.2 Å². The van der Waals surface area contributed by atoms with Crippen molar-refractivity contribution in [3.63, 3.8) is 0 Å². The molecule has 0 fully saturated rings. The summed E-state index contributed by atoms with van der Waals surface area (Å²) in [7, 11) is 1.95.